The lowest BCUT2D eigenvalue weighted by Gasteiger charge is -1.96. The van der Waals surface area contributed by atoms with Crippen molar-refractivity contribution in [3.05, 3.63) is 23.4 Å². The fraction of sp³-hybridized carbons (Fsp3) is 0.111. The maximum atomic E-state index is 9.94. The molecule has 1 rings (SSSR count). The van der Waals surface area contributed by atoms with E-state index in [4.69, 9.17) is 5.73 Å². The Kier molecular flexibility index (Phi) is 2.44. The van der Waals surface area contributed by atoms with E-state index in [1.165, 1.54) is 0 Å². The van der Waals surface area contributed by atoms with Gasteiger partial charge in [-0.15, -0.1) is 0 Å². The zero-order valence-electron chi connectivity index (χ0n) is 6.66. The Balaban J connectivity index is 3.13. The number of rotatable bonds is 0. The summed E-state index contributed by atoms with van der Waals surface area (Å²) in [4.78, 5) is 13.8. The first-order valence-electron chi connectivity index (χ1n) is 3.41. The molecule has 3 nitrogen and oxygen atoms in total. The lowest BCUT2D eigenvalue weighted by atomic mass is 10.2. The van der Waals surface area contributed by atoms with Crippen LogP contribution in [0.2, 0.25) is 0 Å². The first kappa shape index (κ1) is 8.28. The summed E-state index contributed by atoms with van der Waals surface area (Å²) < 4.78 is 0. The van der Waals surface area contributed by atoms with E-state index in [2.05, 4.69) is 16.8 Å². The molecule has 0 fully saturated rings. The molecule has 60 valence electrons. The van der Waals surface area contributed by atoms with Crippen molar-refractivity contribution < 1.29 is 4.79 Å². The molecule has 12 heavy (non-hydrogen) atoms. The number of aryl methyl sites for hydroxylation is 1. The largest absolute Gasteiger partial charge is 0.383 e. The van der Waals surface area contributed by atoms with Crippen LogP contribution in [0.25, 0.3) is 0 Å². The summed E-state index contributed by atoms with van der Waals surface area (Å²) in [5.74, 6) is 5.24. The van der Waals surface area contributed by atoms with Gasteiger partial charge < -0.3 is 5.73 Å². The van der Waals surface area contributed by atoms with E-state index in [1.54, 1.807) is 12.3 Å². The van der Waals surface area contributed by atoms with Gasteiger partial charge in [0.25, 0.3) is 0 Å². The monoisotopic (exact) mass is 160 g/mol. The normalized spacial score (nSPS) is 8.42. The number of aldehydes is 1. The molecular weight excluding hydrogens is 152 g/mol. The van der Waals surface area contributed by atoms with Gasteiger partial charge in [0, 0.05) is 6.20 Å². The Labute approximate surface area is 70.6 Å². The zero-order chi connectivity index (χ0) is 8.97. The third-order valence-corrected chi connectivity index (χ3v) is 1.32. The smallest absolute Gasteiger partial charge is 0.193 e. The molecule has 0 amide bonds. The molecular formula is C9H8N2O. The molecule has 1 aromatic heterocycles. The van der Waals surface area contributed by atoms with Gasteiger partial charge in [0.2, 0.25) is 0 Å². The topological polar surface area (TPSA) is 56.0 Å². The second kappa shape index (κ2) is 3.54. The fourth-order valence-corrected chi connectivity index (χ4v) is 0.787. The van der Waals surface area contributed by atoms with Gasteiger partial charge in [0.05, 0.1) is 5.56 Å². The van der Waals surface area contributed by atoms with E-state index in [-0.39, 0.29) is 0 Å². The minimum atomic E-state index is 0.356. The minimum Gasteiger partial charge on any atom is -0.383 e. The molecule has 0 bridgehead atoms. The Morgan fingerprint density at radius 3 is 3.08 bits per heavy atom. The van der Waals surface area contributed by atoms with Crippen molar-refractivity contribution in [3.63, 3.8) is 0 Å². The van der Waals surface area contributed by atoms with Crippen molar-refractivity contribution >= 4 is 12.1 Å². The second-order valence-electron chi connectivity index (χ2n) is 2.33. The molecule has 0 aliphatic rings. The molecule has 0 radical (unpaired) electrons. The van der Waals surface area contributed by atoms with Crippen LogP contribution in [-0.2, 0) is 4.79 Å². The van der Waals surface area contributed by atoms with Crippen LogP contribution in [0.15, 0.2) is 12.3 Å². The predicted molar refractivity (Wildman–Crippen MR) is 46.3 cm³/mol. The van der Waals surface area contributed by atoms with Gasteiger partial charge in [0.1, 0.15) is 5.82 Å². The van der Waals surface area contributed by atoms with Gasteiger partial charge in [-0.2, -0.15) is 0 Å². The third-order valence-electron chi connectivity index (χ3n) is 1.32. The average molecular weight is 160 g/mol. The van der Waals surface area contributed by atoms with Crippen LogP contribution in [0.3, 0.4) is 0 Å². The maximum absolute atomic E-state index is 9.94. The number of aromatic nitrogens is 1. The number of carbonyl (C=O) groups is 1. The van der Waals surface area contributed by atoms with Crippen LogP contribution in [0.4, 0.5) is 5.82 Å². The molecule has 0 saturated carbocycles. The number of nitrogen functional groups attached to an aromatic ring is 1. The number of hydrogen-bond acceptors (Lipinski definition) is 3. The first-order chi connectivity index (χ1) is 5.74. The Bertz CT molecular complexity index is 361. The van der Waals surface area contributed by atoms with Gasteiger partial charge >= 0.3 is 0 Å². The van der Waals surface area contributed by atoms with Crippen LogP contribution >= 0.6 is 0 Å². The van der Waals surface area contributed by atoms with E-state index in [9.17, 15) is 4.79 Å². The average Bonchev–Trinajstić information content (AvgIpc) is 2.07. The van der Waals surface area contributed by atoms with Gasteiger partial charge in [0.15, 0.2) is 6.29 Å². The van der Waals surface area contributed by atoms with Crippen LogP contribution in [0.5, 0.6) is 0 Å². The van der Waals surface area contributed by atoms with Crippen LogP contribution in [0.1, 0.15) is 11.1 Å². The van der Waals surface area contributed by atoms with Crippen molar-refractivity contribution in [1.29, 1.82) is 0 Å². The summed E-state index contributed by atoms with van der Waals surface area (Å²) in [6, 6.07) is 1.79. The van der Waals surface area contributed by atoms with Crippen molar-refractivity contribution in [2.75, 3.05) is 5.73 Å². The van der Waals surface area contributed by atoms with Crippen molar-refractivity contribution in [2.24, 2.45) is 0 Å². The number of anilines is 1. The summed E-state index contributed by atoms with van der Waals surface area (Å²) >= 11 is 0. The van der Waals surface area contributed by atoms with Gasteiger partial charge in [-0.1, -0.05) is 5.92 Å². The van der Waals surface area contributed by atoms with Crippen molar-refractivity contribution in [1.82, 2.24) is 4.98 Å². The Morgan fingerprint density at radius 1 is 1.67 bits per heavy atom. The Hall–Kier alpha value is -1.82. The van der Waals surface area contributed by atoms with Gasteiger partial charge in [-0.05, 0) is 24.5 Å². The summed E-state index contributed by atoms with van der Waals surface area (Å²) in [6.07, 6.45) is 2.18. The van der Waals surface area contributed by atoms with Crippen molar-refractivity contribution in [3.8, 4) is 11.8 Å². The number of carbonyl (C=O) groups excluding carboxylic acids is 1. The lowest BCUT2D eigenvalue weighted by Crippen LogP contribution is -1.94. The minimum absolute atomic E-state index is 0.356. The van der Waals surface area contributed by atoms with Crippen molar-refractivity contribution in [2.45, 2.75) is 6.92 Å². The molecule has 3 heteroatoms. The number of hydrogen-bond donors (Lipinski definition) is 1. The lowest BCUT2D eigenvalue weighted by molar-refractivity contribution is -0.103. The summed E-state index contributed by atoms with van der Waals surface area (Å²) in [5.41, 5.74) is 7.07. The quantitative estimate of drug-likeness (QED) is 0.444. The van der Waals surface area contributed by atoms with Gasteiger partial charge in [-0.3, -0.25) is 4.79 Å². The van der Waals surface area contributed by atoms with E-state index in [0.29, 0.717) is 17.7 Å². The highest BCUT2D eigenvalue weighted by Crippen LogP contribution is 2.07. The SMILES string of the molecule is Cc1cnc(N)c(C#CC=O)c1. The molecule has 1 aromatic rings. The second-order valence-corrected chi connectivity index (χ2v) is 2.33. The highest BCUT2D eigenvalue weighted by molar-refractivity contribution is 5.74. The van der Waals surface area contributed by atoms with Gasteiger partial charge in [-0.25, -0.2) is 4.98 Å². The predicted octanol–water partition coefficient (Wildman–Crippen LogP) is 0.523. The van der Waals surface area contributed by atoms with Crippen LogP contribution in [-0.4, -0.2) is 11.3 Å². The molecule has 0 unspecified atom stereocenters. The molecule has 0 spiro atoms. The molecule has 1 heterocycles. The Morgan fingerprint density at radius 2 is 2.42 bits per heavy atom. The number of pyridine rings is 1. The molecule has 0 aliphatic heterocycles. The fourth-order valence-electron chi connectivity index (χ4n) is 0.787. The molecule has 2 N–H and O–H groups in total. The summed E-state index contributed by atoms with van der Waals surface area (Å²) in [5, 5.41) is 0. The molecule has 0 aromatic carbocycles. The summed E-state index contributed by atoms with van der Waals surface area (Å²) in [6.45, 7) is 1.89. The third kappa shape index (κ3) is 1.83. The van der Waals surface area contributed by atoms with E-state index >= 15 is 0 Å². The highest BCUT2D eigenvalue weighted by Gasteiger charge is 1.95. The standard InChI is InChI=1S/C9H8N2O/c1-7-5-8(3-2-4-12)9(10)11-6-7/h4-6H,1H3,(H2,10,11). The molecule has 0 aliphatic carbocycles. The number of nitrogens with two attached hydrogens (primary N) is 1. The van der Waals surface area contributed by atoms with E-state index in [0.717, 1.165) is 5.56 Å². The van der Waals surface area contributed by atoms with E-state index < -0.39 is 0 Å². The van der Waals surface area contributed by atoms with E-state index in [1.807, 2.05) is 6.92 Å². The maximum Gasteiger partial charge on any atom is 0.193 e. The number of nitrogens with zero attached hydrogens (tertiary/aromatic N) is 1. The van der Waals surface area contributed by atoms with Crippen LogP contribution < -0.4 is 5.73 Å². The summed E-state index contributed by atoms with van der Waals surface area (Å²) in [7, 11) is 0. The first-order valence-corrected chi connectivity index (χ1v) is 3.41. The molecule has 0 atom stereocenters. The molecule has 0 saturated heterocycles. The zero-order valence-corrected chi connectivity index (χ0v) is 6.66. The highest BCUT2D eigenvalue weighted by atomic mass is 16.1. The van der Waals surface area contributed by atoms with Crippen LogP contribution in [0, 0.1) is 18.8 Å².